The number of anilines is 1. The molecule has 1 saturated heterocycles. The summed E-state index contributed by atoms with van der Waals surface area (Å²) >= 11 is 0.770. The van der Waals surface area contributed by atoms with Gasteiger partial charge in [0.1, 0.15) is 0 Å². The lowest BCUT2D eigenvalue weighted by Crippen LogP contribution is -2.34. The molecule has 0 radical (unpaired) electrons. The van der Waals surface area contributed by atoms with Crippen LogP contribution < -0.4 is 4.90 Å². The Hall–Kier alpha value is -2.11. The number of carbonyl (C=O) groups is 2. The molecule has 0 saturated carbocycles. The molecule has 26 heavy (non-hydrogen) atoms. The molecule has 0 aromatic heterocycles. The zero-order valence-corrected chi connectivity index (χ0v) is 14.1. The number of rotatable bonds is 2. The molecule has 1 unspecified atom stereocenters. The molecule has 1 aromatic carbocycles. The number of amides is 2. The summed E-state index contributed by atoms with van der Waals surface area (Å²) in [5, 5.41) is 0. The van der Waals surface area contributed by atoms with Gasteiger partial charge in [-0.2, -0.15) is 26.3 Å². The van der Waals surface area contributed by atoms with Crippen molar-refractivity contribution in [2.45, 2.75) is 17.8 Å². The number of hydrogen-bond acceptors (Lipinski definition) is 4. The molecule has 1 fully saturated rings. The van der Waals surface area contributed by atoms with Crippen molar-refractivity contribution in [1.82, 2.24) is 4.90 Å². The second kappa shape index (κ2) is 6.89. The van der Waals surface area contributed by atoms with Gasteiger partial charge >= 0.3 is 18.4 Å². The van der Waals surface area contributed by atoms with Gasteiger partial charge in [0.15, 0.2) is 0 Å². The van der Waals surface area contributed by atoms with Crippen LogP contribution >= 0.6 is 11.8 Å². The van der Waals surface area contributed by atoms with Gasteiger partial charge in [-0.1, -0.05) is 11.8 Å². The first-order valence-electron chi connectivity index (χ1n) is 6.91. The Kier molecular flexibility index (Phi) is 5.36. The van der Waals surface area contributed by atoms with Crippen LogP contribution in [0.4, 0.5) is 36.8 Å². The van der Waals surface area contributed by atoms with Gasteiger partial charge in [0.25, 0.3) is 5.91 Å². The highest BCUT2D eigenvalue weighted by Gasteiger charge is 2.41. The fraction of sp³-hybridized carbons (Fsp3) is 0.429. The number of thioether (sulfide) groups is 1. The van der Waals surface area contributed by atoms with E-state index < -0.39 is 46.6 Å². The van der Waals surface area contributed by atoms with Crippen molar-refractivity contribution in [1.29, 1.82) is 0 Å². The van der Waals surface area contributed by atoms with Crippen LogP contribution in [0.2, 0.25) is 0 Å². The van der Waals surface area contributed by atoms with Gasteiger partial charge in [0.05, 0.1) is 17.0 Å². The lowest BCUT2D eigenvalue weighted by molar-refractivity contribution is -0.143. The minimum atomic E-state index is -5.03. The van der Waals surface area contributed by atoms with E-state index in [0.29, 0.717) is 17.0 Å². The average Bonchev–Trinajstić information content (AvgIpc) is 2.86. The highest BCUT2D eigenvalue weighted by molar-refractivity contribution is 8.01. The molecular weight excluding hydrogens is 390 g/mol. The predicted octanol–water partition coefficient (Wildman–Crippen LogP) is 3.79. The van der Waals surface area contributed by atoms with Crippen LogP contribution in [0.5, 0.6) is 0 Å². The number of carbonyl (C=O) groups excluding carboxylic acids is 2. The molecule has 2 rings (SSSR count). The average molecular weight is 402 g/mol. The fourth-order valence-corrected chi connectivity index (χ4v) is 2.96. The standard InChI is InChI=1S/C14H12F6N2O3S/c1-21(2)12(24)25-11-10(23)22(6-26-11)9-4-7(13(15,16)17)3-8(5-9)14(18,19)20/h3-5,11H,6H2,1-2H3. The molecule has 0 bridgehead atoms. The minimum absolute atomic E-state index is 0.0270. The summed E-state index contributed by atoms with van der Waals surface area (Å²) in [7, 11) is 2.71. The van der Waals surface area contributed by atoms with Crippen LogP contribution in [-0.4, -0.2) is 42.3 Å². The summed E-state index contributed by atoms with van der Waals surface area (Å²) in [6.07, 6.45) is -10.9. The summed E-state index contributed by atoms with van der Waals surface area (Å²) < 4.78 is 82.3. The van der Waals surface area contributed by atoms with Crippen LogP contribution in [0.3, 0.4) is 0 Å². The van der Waals surface area contributed by atoms with E-state index in [4.69, 9.17) is 4.74 Å². The van der Waals surface area contributed by atoms with Crippen LogP contribution in [0.25, 0.3) is 0 Å². The highest BCUT2D eigenvalue weighted by Crippen LogP contribution is 2.40. The lowest BCUT2D eigenvalue weighted by atomic mass is 10.1. The molecular formula is C14H12F6N2O3S. The van der Waals surface area contributed by atoms with Crippen LogP contribution in [0, 0.1) is 0 Å². The van der Waals surface area contributed by atoms with Gasteiger partial charge in [-0.05, 0) is 18.2 Å². The van der Waals surface area contributed by atoms with Crippen molar-refractivity contribution in [2.24, 2.45) is 0 Å². The first kappa shape index (κ1) is 20.2. The number of ether oxygens (including phenoxy) is 1. The number of benzene rings is 1. The predicted molar refractivity (Wildman–Crippen MR) is 80.3 cm³/mol. The Bertz CT molecular complexity index is 687. The lowest BCUT2D eigenvalue weighted by Gasteiger charge is -2.20. The molecule has 1 aliphatic rings. The minimum Gasteiger partial charge on any atom is -0.425 e. The second-order valence-electron chi connectivity index (χ2n) is 5.44. The molecule has 1 aliphatic heterocycles. The summed E-state index contributed by atoms with van der Waals surface area (Å²) in [5.74, 6) is -1.18. The van der Waals surface area contributed by atoms with Gasteiger partial charge in [-0.3, -0.25) is 9.69 Å². The van der Waals surface area contributed by atoms with E-state index in [1.165, 1.54) is 14.1 Å². The SMILES string of the molecule is CN(C)C(=O)OC1SCN(c2cc(C(F)(F)F)cc(C(F)(F)F)c2)C1=O. The van der Waals surface area contributed by atoms with Gasteiger partial charge in [0.2, 0.25) is 5.44 Å². The summed E-state index contributed by atoms with van der Waals surface area (Å²) in [4.78, 5) is 25.5. The summed E-state index contributed by atoms with van der Waals surface area (Å²) in [6.45, 7) is 0. The number of halogens is 6. The Morgan fingerprint density at radius 2 is 1.62 bits per heavy atom. The van der Waals surface area contributed by atoms with Gasteiger partial charge in [-0.25, -0.2) is 4.79 Å². The van der Waals surface area contributed by atoms with E-state index in [1.54, 1.807) is 0 Å². The quantitative estimate of drug-likeness (QED) is 0.707. The van der Waals surface area contributed by atoms with Gasteiger partial charge < -0.3 is 9.64 Å². The van der Waals surface area contributed by atoms with Crippen molar-refractivity contribution in [3.63, 3.8) is 0 Å². The monoisotopic (exact) mass is 402 g/mol. The molecule has 0 N–H and O–H groups in total. The third-order valence-corrected chi connectivity index (χ3v) is 4.29. The van der Waals surface area contributed by atoms with Gasteiger partial charge in [0, 0.05) is 19.8 Å². The smallest absolute Gasteiger partial charge is 0.416 e. The Morgan fingerprint density at radius 3 is 2.04 bits per heavy atom. The van der Waals surface area contributed by atoms with Crippen molar-refractivity contribution in [3.05, 3.63) is 29.3 Å². The maximum atomic E-state index is 12.9. The van der Waals surface area contributed by atoms with Crippen molar-refractivity contribution >= 4 is 29.4 Å². The van der Waals surface area contributed by atoms with Crippen molar-refractivity contribution < 1.29 is 40.7 Å². The normalized spacial score (nSPS) is 18.2. The van der Waals surface area contributed by atoms with E-state index >= 15 is 0 Å². The Morgan fingerprint density at radius 1 is 1.12 bits per heavy atom. The number of nitrogens with zero attached hydrogens (tertiary/aromatic N) is 2. The Balaban J connectivity index is 2.36. The van der Waals surface area contributed by atoms with E-state index in [9.17, 15) is 35.9 Å². The third kappa shape index (κ3) is 4.34. The molecule has 0 aliphatic carbocycles. The molecule has 0 spiro atoms. The van der Waals surface area contributed by atoms with Crippen LogP contribution in [-0.2, 0) is 21.9 Å². The number of alkyl halides is 6. The highest BCUT2D eigenvalue weighted by atomic mass is 32.2. The molecule has 144 valence electrons. The maximum absolute atomic E-state index is 12.9. The molecule has 1 heterocycles. The summed E-state index contributed by atoms with van der Waals surface area (Å²) in [6, 6.07) is 0.869. The van der Waals surface area contributed by atoms with Crippen LogP contribution in [0.15, 0.2) is 18.2 Å². The van der Waals surface area contributed by atoms with E-state index in [0.717, 1.165) is 16.7 Å². The topological polar surface area (TPSA) is 49.9 Å². The summed E-state index contributed by atoms with van der Waals surface area (Å²) in [5.41, 5.74) is -5.00. The fourth-order valence-electron chi connectivity index (χ4n) is 1.98. The third-order valence-electron chi connectivity index (χ3n) is 3.28. The molecule has 2 amide bonds. The zero-order chi connectivity index (χ0) is 19.9. The Labute approximate surface area is 147 Å². The van der Waals surface area contributed by atoms with Crippen LogP contribution in [0.1, 0.15) is 11.1 Å². The van der Waals surface area contributed by atoms with Gasteiger partial charge in [-0.15, -0.1) is 0 Å². The van der Waals surface area contributed by atoms with Crippen molar-refractivity contribution in [2.75, 3.05) is 24.9 Å². The molecule has 5 nitrogen and oxygen atoms in total. The molecule has 12 heteroatoms. The number of hydrogen-bond donors (Lipinski definition) is 0. The van der Waals surface area contributed by atoms with E-state index in [-0.39, 0.29) is 11.9 Å². The first-order valence-corrected chi connectivity index (χ1v) is 7.96. The largest absolute Gasteiger partial charge is 0.425 e. The zero-order valence-electron chi connectivity index (χ0n) is 13.3. The molecule has 1 atom stereocenters. The van der Waals surface area contributed by atoms with E-state index in [2.05, 4.69) is 0 Å². The maximum Gasteiger partial charge on any atom is 0.416 e. The first-order chi connectivity index (χ1) is 11.8. The second-order valence-corrected chi connectivity index (χ2v) is 6.46. The van der Waals surface area contributed by atoms with Crippen molar-refractivity contribution in [3.8, 4) is 0 Å². The molecule has 1 aromatic rings. The van der Waals surface area contributed by atoms with E-state index in [1.807, 2.05) is 0 Å².